The first-order chi connectivity index (χ1) is 12.8. The van der Waals surface area contributed by atoms with Gasteiger partial charge in [-0.2, -0.15) is 26.3 Å². The first kappa shape index (κ1) is 20.0. The van der Waals surface area contributed by atoms with Crippen LogP contribution in [0.15, 0.2) is 33.9 Å². The maximum Gasteiger partial charge on any atom is 0.446 e. The van der Waals surface area contributed by atoms with Crippen LogP contribution in [0, 0.1) is 0 Å². The van der Waals surface area contributed by atoms with Crippen LogP contribution in [-0.2, 0) is 5.54 Å². The summed E-state index contributed by atoms with van der Waals surface area (Å²) in [5.41, 5.74) is -9.62. The molecule has 28 heavy (non-hydrogen) atoms. The molecule has 1 aromatic carbocycles. The Labute approximate surface area is 156 Å². The van der Waals surface area contributed by atoms with Gasteiger partial charge in [-0.15, -0.1) is 0 Å². The molecule has 1 aliphatic heterocycles. The monoisotopic (exact) mass is 427 g/mol. The summed E-state index contributed by atoms with van der Waals surface area (Å²) < 4.78 is 82.9. The highest BCUT2D eigenvalue weighted by atomic mass is 35.5. The average molecular weight is 428 g/mol. The van der Waals surface area contributed by atoms with Gasteiger partial charge in [0, 0.05) is 11.9 Å². The standard InChI is InChI=1S/C15H9ClF6N4O2/c1-6-23-10-9(13(25-6,14(17,18)19)15(20,21)22)11(27)24-12(28)26(10)8-4-2-7(16)3-5-8/h2-5H,1H3,(H,23,25)(H,24,27,28)/p+1. The molecular formula is C15H10ClF6N4O2+. The van der Waals surface area contributed by atoms with E-state index in [9.17, 15) is 35.9 Å². The summed E-state index contributed by atoms with van der Waals surface area (Å²) in [6, 6.07) is 4.95. The van der Waals surface area contributed by atoms with E-state index in [1.54, 1.807) is 0 Å². The van der Waals surface area contributed by atoms with Crippen LogP contribution >= 0.6 is 11.6 Å². The second-order valence-corrected chi connectivity index (χ2v) is 6.35. The largest absolute Gasteiger partial charge is 0.446 e. The zero-order valence-corrected chi connectivity index (χ0v) is 14.5. The molecule has 1 aromatic heterocycles. The van der Waals surface area contributed by atoms with E-state index in [1.807, 2.05) is 0 Å². The zero-order valence-electron chi connectivity index (χ0n) is 13.7. The van der Waals surface area contributed by atoms with Gasteiger partial charge in [-0.1, -0.05) is 11.6 Å². The van der Waals surface area contributed by atoms with Gasteiger partial charge in [-0.3, -0.25) is 14.8 Å². The molecule has 0 amide bonds. The second-order valence-electron chi connectivity index (χ2n) is 5.92. The van der Waals surface area contributed by atoms with Crippen LogP contribution in [-0.4, -0.2) is 27.7 Å². The minimum atomic E-state index is -5.96. The number of rotatable bonds is 1. The fourth-order valence-corrected chi connectivity index (χ4v) is 3.10. The number of nitrogens with one attached hydrogen (secondary N) is 3. The predicted molar refractivity (Wildman–Crippen MR) is 86.7 cm³/mol. The number of fused-ring (bicyclic) bond motifs is 1. The van der Waals surface area contributed by atoms with E-state index in [0.29, 0.717) is 4.57 Å². The zero-order chi connectivity index (χ0) is 21.1. The number of amidine groups is 1. The van der Waals surface area contributed by atoms with Crippen molar-refractivity contribution in [3.05, 3.63) is 55.7 Å². The van der Waals surface area contributed by atoms with Crippen molar-refractivity contribution in [3.63, 3.8) is 0 Å². The van der Waals surface area contributed by atoms with Crippen LogP contribution in [0.2, 0.25) is 5.02 Å². The summed E-state index contributed by atoms with van der Waals surface area (Å²) in [6.45, 7) is 0.910. The van der Waals surface area contributed by atoms with E-state index in [4.69, 9.17) is 11.6 Å². The lowest BCUT2D eigenvalue weighted by atomic mass is 9.88. The maximum atomic E-state index is 13.7. The first-order valence-electron chi connectivity index (χ1n) is 7.47. The van der Waals surface area contributed by atoms with Crippen molar-refractivity contribution in [2.75, 3.05) is 5.32 Å². The topological polar surface area (TPSA) is 80.9 Å². The van der Waals surface area contributed by atoms with Gasteiger partial charge < -0.3 is 0 Å². The van der Waals surface area contributed by atoms with Crippen LogP contribution in [0.4, 0.5) is 32.2 Å². The number of nitrogens with zero attached hydrogens (tertiary/aromatic N) is 1. The average Bonchev–Trinajstić information content (AvgIpc) is 2.53. The molecule has 2 heterocycles. The molecule has 6 nitrogen and oxygen atoms in total. The minimum absolute atomic E-state index is 0.109. The summed E-state index contributed by atoms with van der Waals surface area (Å²) in [5.74, 6) is -1.61. The number of benzene rings is 1. The summed E-state index contributed by atoms with van der Waals surface area (Å²) in [7, 11) is 0. The molecule has 3 rings (SSSR count). The Bertz CT molecular complexity index is 1070. The molecule has 3 N–H and O–H groups in total. The lowest BCUT2D eigenvalue weighted by Gasteiger charge is -2.34. The molecular weight excluding hydrogens is 418 g/mol. The van der Waals surface area contributed by atoms with Crippen molar-refractivity contribution in [2.45, 2.75) is 24.8 Å². The molecule has 13 heteroatoms. The van der Waals surface area contributed by atoms with Gasteiger partial charge >= 0.3 is 23.6 Å². The highest BCUT2D eigenvalue weighted by Gasteiger charge is 2.78. The Hall–Kier alpha value is -2.76. The van der Waals surface area contributed by atoms with Crippen LogP contribution in [0.3, 0.4) is 0 Å². The normalized spacial score (nSPS) is 16.2. The van der Waals surface area contributed by atoms with Crippen molar-refractivity contribution in [1.29, 1.82) is 0 Å². The van der Waals surface area contributed by atoms with Gasteiger partial charge in [0.05, 0.1) is 5.69 Å². The summed E-state index contributed by atoms with van der Waals surface area (Å²) in [5, 5.41) is 2.45. The molecule has 0 saturated heterocycles. The van der Waals surface area contributed by atoms with Crippen LogP contribution in [0.1, 0.15) is 12.5 Å². The molecule has 150 valence electrons. The third-order valence-corrected chi connectivity index (χ3v) is 4.35. The Morgan fingerprint density at radius 1 is 1.04 bits per heavy atom. The molecule has 0 bridgehead atoms. The smallest absolute Gasteiger partial charge is 0.273 e. The van der Waals surface area contributed by atoms with Gasteiger partial charge in [-0.05, 0) is 24.3 Å². The predicted octanol–water partition coefficient (Wildman–Crippen LogP) is 1.42. The number of anilines is 1. The van der Waals surface area contributed by atoms with Crippen LogP contribution in [0.5, 0.6) is 0 Å². The van der Waals surface area contributed by atoms with Crippen LogP contribution < -0.4 is 21.6 Å². The lowest BCUT2D eigenvalue weighted by molar-refractivity contribution is -0.659. The first-order valence-corrected chi connectivity index (χ1v) is 7.85. The van der Waals surface area contributed by atoms with Gasteiger partial charge in [0.15, 0.2) is 0 Å². The van der Waals surface area contributed by atoms with E-state index < -0.39 is 46.4 Å². The van der Waals surface area contributed by atoms with Gasteiger partial charge in [0.2, 0.25) is 11.7 Å². The van der Waals surface area contributed by atoms with Crippen molar-refractivity contribution in [2.24, 2.45) is 0 Å². The van der Waals surface area contributed by atoms with Crippen molar-refractivity contribution in [3.8, 4) is 5.69 Å². The summed E-state index contributed by atoms with van der Waals surface area (Å²) in [6.07, 6.45) is -11.9. The molecule has 0 spiro atoms. The summed E-state index contributed by atoms with van der Waals surface area (Å²) in [4.78, 5) is 27.3. The van der Waals surface area contributed by atoms with Gasteiger partial charge in [-0.25, -0.2) is 14.7 Å². The number of alkyl halides is 6. The molecule has 0 atom stereocenters. The minimum Gasteiger partial charge on any atom is -0.273 e. The van der Waals surface area contributed by atoms with E-state index in [1.165, 1.54) is 34.2 Å². The van der Waals surface area contributed by atoms with Crippen molar-refractivity contribution in [1.82, 2.24) is 9.55 Å². The SMILES string of the molecule is CC1=[NH+]C(C(F)(F)F)(C(F)(F)F)c2c(n(-c3ccc(Cl)cc3)c(=O)[nH]c2=O)N1. The van der Waals surface area contributed by atoms with E-state index in [2.05, 4.69) is 5.32 Å². The fourth-order valence-electron chi connectivity index (χ4n) is 2.98. The summed E-state index contributed by atoms with van der Waals surface area (Å²) >= 11 is 5.72. The number of hydrogen-bond donors (Lipinski definition) is 3. The molecule has 0 saturated carbocycles. The molecule has 0 fully saturated rings. The van der Waals surface area contributed by atoms with E-state index >= 15 is 0 Å². The molecule has 0 aliphatic carbocycles. The quantitative estimate of drug-likeness (QED) is 0.602. The van der Waals surface area contributed by atoms with Crippen molar-refractivity contribution < 1.29 is 31.3 Å². The molecule has 0 radical (unpaired) electrons. The third kappa shape index (κ3) is 2.79. The lowest BCUT2D eigenvalue weighted by Crippen LogP contribution is -2.96. The highest BCUT2D eigenvalue weighted by molar-refractivity contribution is 6.30. The van der Waals surface area contributed by atoms with E-state index in [-0.39, 0.29) is 10.7 Å². The number of halogens is 7. The Morgan fingerprint density at radius 3 is 2.07 bits per heavy atom. The van der Waals surface area contributed by atoms with E-state index in [0.717, 1.165) is 6.92 Å². The number of aromatic nitrogens is 2. The van der Waals surface area contributed by atoms with Gasteiger partial charge in [0.1, 0.15) is 5.56 Å². The number of H-pyrrole nitrogens is 1. The Kier molecular flexibility index (Phi) is 4.37. The number of aromatic amines is 1. The van der Waals surface area contributed by atoms with Gasteiger partial charge in [0.25, 0.3) is 5.56 Å². The molecule has 2 aromatic rings. The maximum absolute atomic E-state index is 13.7. The molecule has 1 aliphatic rings. The van der Waals surface area contributed by atoms with Crippen LogP contribution in [0.25, 0.3) is 5.69 Å². The second kappa shape index (κ2) is 6.12. The number of hydrogen-bond acceptors (Lipinski definition) is 3. The Balaban J connectivity index is 2.51. The fraction of sp³-hybridized carbons (Fsp3) is 0.267. The molecule has 0 unspecified atom stereocenters. The van der Waals surface area contributed by atoms with Crippen molar-refractivity contribution >= 4 is 23.3 Å². The third-order valence-electron chi connectivity index (χ3n) is 4.10. The highest BCUT2D eigenvalue weighted by Crippen LogP contribution is 2.48. The Morgan fingerprint density at radius 2 is 1.57 bits per heavy atom.